The zero-order chi connectivity index (χ0) is 14.9. The molecule has 1 heterocycles. The van der Waals surface area contributed by atoms with Gasteiger partial charge in [-0.1, -0.05) is 12.8 Å². The summed E-state index contributed by atoms with van der Waals surface area (Å²) in [4.78, 5) is 25.7. The fraction of sp³-hybridized carbons (Fsp3) is 0.643. The topological polar surface area (TPSA) is 86.3 Å². The van der Waals surface area contributed by atoms with Crippen LogP contribution < -0.4 is 5.56 Å². The lowest BCUT2D eigenvalue weighted by molar-refractivity contribution is 0.0155. The van der Waals surface area contributed by atoms with Crippen molar-refractivity contribution < 1.29 is 9.90 Å². The number of nitrogens with zero attached hydrogens (tertiary/aromatic N) is 2. The van der Waals surface area contributed by atoms with Crippen molar-refractivity contribution in [3.63, 3.8) is 0 Å². The Hall–Kier alpha value is -1.69. The number of carbonyl (C=O) groups is 1. The summed E-state index contributed by atoms with van der Waals surface area (Å²) in [5, 5.41) is 16.5. The van der Waals surface area contributed by atoms with Gasteiger partial charge in [-0.3, -0.25) is 9.59 Å². The fourth-order valence-electron chi connectivity index (χ4n) is 2.78. The number of carbonyl (C=O) groups excluding carboxylic acids is 1. The van der Waals surface area contributed by atoms with Crippen molar-refractivity contribution in [1.82, 2.24) is 15.1 Å². The van der Waals surface area contributed by atoms with E-state index in [1.165, 1.54) is 4.90 Å². The monoisotopic (exact) mass is 279 g/mol. The molecule has 1 fully saturated rings. The lowest BCUT2D eigenvalue weighted by atomic mass is 10.0. The molecule has 0 spiro atoms. The summed E-state index contributed by atoms with van der Waals surface area (Å²) in [7, 11) is 1.62. The molecule has 6 nitrogen and oxygen atoms in total. The Bertz CT molecular complexity index is 574. The van der Waals surface area contributed by atoms with Crippen molar-refractivity contribution in [2.75, 3.05) is 13.6 Å². The van der Waals surface area contributed by atoms with Crippen LogP contribution in [0.2, 0.25) is 0 Å². The minimum Gasteiger partial charge on any atom is -0.388 e. The molecule has 0 aromatic carbocycles. The lowest BCUT2D eigenvalue weighted by Gasteiger charge is -2.28. The molecule has 110 valence electrons. The normalized spacial score (nSPS) is 17.2. The van der Waals surface area contributed by atoms with Crippen LogP contribution in [0.4, 0.5) is 0 Å². The van der Waals surface area contributed by atoms with Gasteiger partial charge >= 0.3 is 0 Å². The zero-order valence-electron chi connectivity index (χ0n) is 12.2. The third-order valence-electron chi connectivity index (χ3n) is 4.10. The van der Waals surface area contributed by atoms with E-state index in [-0.39, 0.29) is 18.0 Å². The SMILES string of the molecule is Cc1n[nH]c(=O)c(C(=O)N(C)CC2(O)CCCC2)c1C. The summed E-state index contributed by atoms with van der Waals surface area (Å²) in [6, 6.07) is 0. The number of likely N-dealkylation sites (N-methyl/N-ethyl adjacent to an activating group) is 1. The number of amides is 1. The number of nitrogens with one attached hydrogen (secondary N) is 1. The summed E-state index contributed by atoms with van der Waals surface area (Å²) in [6.07, 6.45) is 3.36. The van der Waals surface area contributed by atoms with Crippen LogP contribution in [0.5, 0.6) is 0 Å². The van der Waals surface area contributed by atoms with Gasteiger partial charge in [0.2, 0.25) is 0 Å². The Balaban J connectivity index is 2.23. The number of aromatic amines is 1. The van der Waals surface area contributed by atoms with Crippen molar-refractivity contribution >= 4 is 5.91 Å². The van der Waals surface area contributed by atoms with Crippen LogP contribution in [0, 0.1) is 13.8 Å². The van der Waals surface area contributed by atoms with Crippen molar-refractivity contribution in [3.05, 3.63) is 27.2 Å². The molecular weight excluding hydrogens is 258 g/mol. The highest BCUT2D eigenvalue weighted by atomic mass is 16.3. The van der Waals surface area contributed by atoms with Gasteiger partial charge in [0.15, 0.2) is 0 Å². The number of aliphatic hydroxyl groups is 1. The van der Waals surface area contributed by atoms with Gasteiger partial charge in [0, 0.05) is 13.6 Å². The van der Waals surface area contributed by atoms with Crippen LogP contribution in [0.3, 0.4) is 0 Å². The molecule has 1 aromatic heterocycles. The average molecular weight is 279 g/mol. The van der Waals surface area contributed by atoms with Crippen molar-refractivity contribution in [2.24, 2.45) is 0 Å². The maximum Gasteiger partial charge on any atom is 0.277 e. The highest BCUT2D eigenvalue weighted by Crippen LogP contribution is 2.30. The quantitative estimate of drug-likeness (QED) is 0.855. The standard InChI is InChI=1S/C14H21N3O3/c1-9-10(2)15-16-12(18)11(9)13(19)17(3)8-14(20)6-4-5-7-14/h20H,4-8H2,1-3H3,(H,16,18). The van der Waals surface area contributed by atoms with Crippen molar-refractivity contribution in [3.8, 4) is 0 Å². The summed E-state index contributed by atoms with van der Waals surface area (Å²) in [6.45, 7) is 3.71. The highest BCUT2D eigenvalue weighted by molar-refractivity contribution is 5.95. The number of hydrogen-bond donors (Lipinski definition) is 2. The van der Waals surface area contributed by atoms with E-state index in [2.05, 4.69) is 10.2 Å². The molecule has 1 aliphatic rings. The first-order valence-electron chi connectivity index (χ1n) is 6.88. The van der Waals surface area contributed by atoms with Crippen LogP contribution in [0.25, 0.3) is 0 Å². The van der Waals surface area contributed by atoms with Crippen molar-refractivity contribution in [1.29, 1.82) is 0 Å². The summed E-state index contributed by atoms with van der Waals surface area (Å²) < 4.78 is 0. The molecule has 1 aliphatic carbocycles. The highest BCUT2D eigenvalue weighted by Gasteiger charge is 2.34. The van der Waals surface area contributed by atoms with Gasteiger partial charge in [-0.2, -0.15) is 5.10 Å². The van der Waals surface area contributed by atoms with Gasteiger partial charge < -0.3 is 10.0 Å². The summed E-state index contributed by atoms with van der Waals surface area (Å²) in [5.41, 5.74) is 0.0301. The second-order valence-corrected chi connectivity index (χ2v) is 5.73. The molecule has 0 unspecified atom stereocenters. The van der Waals surface area contributed by atoms with E-state index >= 15 is 0 Å². The first kappa shape index (κ1) is 14.7. The van der Waals surface area contributed by atoms with E-state index < -0.39 is 11.2 Å². The van der Waals surface area contributed by atoms with Crippen LogP contribution in [0.15, 0.2) is 4.79 Å². The Morgan fingerprint density at radius 2 is 2.00 bits per heavy atom. The third kappa shape index (κ3) is 2.75. The predicted octanol–water partition coefficient (Wildman–Crippen LogP) is 0.764. The Morgan fingerprint density at radius 3 is 2.60 bits per heavy atom. The molecule has 0 aliphatic heterocycles. The smallest absolute Gasteiger partial charge is 0.277 e. The molecule has 0 radical (unpaired) electrons. The molecule has 6 heteroatoms. The molecule has 1 saturated carbocycles. The molecule has 0 atom stereocenters. The molecule has 1 aromatic rings. The van der Waals surface area contributed by atoms with Crippen molar-refractivity contribution in [2.45, 2.75) is 45.1 Å². The minimum absolute atomic E-state index is 0.113. The van der Waals surface area contributed by atoms with Gasteiger partial charge in [-0.25, -0.2) is 5.10 Å². The zero-order valence-corrected chi connectivity index (χ0v) is 12.2. The van der Waals surface area contributed by atoms with E-state index in [9.17, 15) is 14.7 Å². The number of H-pyrrole nitrogens is 1. The van der Waals surface area contributed by atoms with E-state index in [4.69, 9.17) is 0 Å². The molecule has 1 amide bonds. The average Bonchev–Trinajstić information content (AvgIpc) is 2.80. The number of aromatic nitrogens is 2. The molecule has 0 bridgehead atoms. The molecule has 2 N–H and O–H groups in total. The largest absolute Gasteiger partial charge is 0.388 e. The van der Waals surface area contributed by atoms with Gasteiger partial charge in [-0.15, -0.1) is 0 Å². The summed E-state index contributed by atoms with van der Waals surface area (Å²) in [5.74, 6) is -0.366. The van der Waals surface area contributed by atoms with Gasteiger partial charge in [0.05, 0.1) is 11.3 Å². The fourth-order valence-corrected chi connectivity index (χ4v) is 2.78. The first-order valence-corrected chi connectivity index (χ1v) is 6.88. The summed E-state index contributed by atoms with van der Waals surface area (Å²) >= 11 is 0. The molecule has 0 saturated heterocycles. The number of aryl methyl sites for hydroxylation is 1. The van der Waals surface area contributed by atoms with Crippen LogP contribution in [-0.4, -0.2) is 45.3 Å². The van der Waals surface area contributed by atoms with E-state index in [0.717, 1.165) is 12.8 Å². The van der Waals surface area contributed by atoms with Crippen LogP contribution in [-0.2, 0) is 0 Å². The van der Waals surface area contributed by atoms with Gasteiger partial charge in [0.25, 0.3) is 11.5 Å². The maximum atomic E-state index is 12.4. The minimum atomic E-state index is -0.812. The number of hydrogen-bond acceptors (Lipinski definition) is 4. The second-order valence-electron chi connectivity index (χ2n) is 5.73. The number of rotatable bonds is 3. The Kier molecular flexibility index (Phi) is 3.94. The third-order valence-corrected chi connectivity index (χ3v) is 4.10. The predicted molar refractivity (Wildman–Crippen MR) is 74.7 cm³/mol. The molecular formula is C14H21N3O3. The molecule has 2 rings (SSSR count). The van der Waals surface area contributed by atoms with Crippen LogP contribution in [0.1, 0.15) is 47.3 Å². The second kappa shape index (κ2) is 5.36. The van der Waals surface area contributed by atoms with Crippen LogP contribution >= 0.6 is 0 Å². The first-order chi connectivity index (χ1) is 9.34. The lowest BCUT2D eigenvalue weighted by Crippen LogP contribution is -2.43. The van der Waals surface area contributed by atoms with E-state index in [1.807, 2.05) is 0 Å². The van der Waals surface area contributed by atoms with Gasteiger partial charge in [-0.05, 0) is 32.3 Å². The molecule has 20 heavy (non-hydrogen) atoms. The van der Waals surface area contributed by atoms with E-state index in [0.29, 0.717) is 24.1 Å². The Labute approximate surface area is 117 Å². The van der Waals surface area contributed by atoms with E-state index in [1.54, 1.807) is 20.9 Å². The van der Waals surface area contributed by atoms with Gasteiger partial charge in [0.1, 0.15) is 5.56 Å². The maximum absolute atomic E-state index is 12.4. The Morgan fingerprint density at radius 1 is 1.40 bits per heavy atom.